The summed E-state index contributed by atoms with van der Waals surface area (Å²) in [6.45, 7) is 13.2. The number of benzene rings is 1. The van der Waals surface area contributed by atoms with Gasteiger partial charge < -0.3 is 10.2 Å². The van der Waals surface area contributed by atoms with E-state index in [1.807, 2.05) is 32.0 Å². The number of amides is 4. The zero-order chi connectivity index (χ0) is 17.6. The van der Waals surface area contributed by atoms with Crippen LogP contribution >= 0.6 is 0 Å². The second-order valence-corrected chi connectivity index (χ2v) is 6.18. The molecule has 1 rings (SSSR count). The van der Waals surface area contributed by atoms with Crippen LogP contribution in [0.3, 0.4) is 0 Å². The lowest BCUT2D eigenvalue weighted by Gasteiger charge is -2.22. The molecular weight excluding hydrogens is 290 g/mol. The summed E-state index contributed by atoms with van der Waals surface area (Å²) >= 11 is 0. The number of hydrogen-bond acceptors (Lipinski definition) is 2. The Labute approximate surface area is 139 Å². The molecule has 0 bridgehead atoms. The van der Waals surface area contributed by atoms with Crippen LogP contribution in [-0.2, 0) is 0 Å². The molecule has 0 heterocycles. The van der Waals surface area contributed by atoms with Crippen LogP contribution in [0.4, 0.5) is 15.3 Å². The Kier molecular flexibility index (Phi) is 7.07. The molecule has 0 radical (unpaired) electrons. The highest BCUT2D eigenvalue weighted by Gasteiger charge is 2.18. The van der Waals surface area contributed by atoms with Gasteiger partial charge in [-0.25, -0.2) is 9.59 Å². The Morgan fingerprint density at radius 2 is 1.48 bits per heavy atom. The van der Waals surface area contributed by atoms with Gasteiger partial charge in [-0.15, -0.1) is 0 Å². The first kappa shape index (κ1) is 19.0. The summed E-state index contributed by atoms with van der Waals surface area (Å²) in [7, 11) is 0. The molecular formula is C18H29N3O2. The Morgan fingerprint density at radius 3 is 1.87 bits per heavy atom. The number of carbonyl (C=O) groups excluding carboxylic acids is 2. The van der Waals surface area contributed by atoms with E-state index in [4.69, 9.17) is 0 Å². The molecule has 4 amide bonds. The van der Waals surface area contributed by atoms with E-state index < -0.39 is 6.03 Å². The van der Waals surface area contributed by atoms with Gasteiger partial charge in [-0.3, -0.25) is 5.32 Å². The van der Waals surface area contributed by atoms with Crippen molar-refractivity contribution in [3.63, 3.8) is 0 Å². The minimum absolute atomic E-state index is 0.280. The number of nitrogens with zero attached hydrogens (tertiary/aromatic N) is 1. The number of urea groups is 2. The van der Waals surface area contributed by atoms with E-state index in [2.05, 4.69) is 38.3 Å². The van der Waals surface area contributed by atoms with Crippen molar-refractivity contribution in [2.24, 2.45) is 0 Å². The molecule has 5 nitrogen and oxygen atoms in total. The number of anilines is 1. The van der Waals surface area contributed by atoms with Gasteiger partial charge >= 0.3 is 12.1 Å². The molecule has 1 aromatic carbocycles. The molecule has 23 heavy (non-hydrogen) atoms. The maximum absolute atomic E-state index is 12.2. The summed E-state index contributed by atoms with van der Waals surface area (Å²) in [6.07, 6.45) is 0. The van der Waals surface area contributed by atoms with Crippen LogP contribution in [0, 0.1) is 0 Å². The van der Waals surface area contributed by atoms with Crippen molar-refractivity contribution in [1.29, 1.82) is 0 Å². The quantitative estimate of drug-likeness (QED) is 0.838. The van der Waals surface area contributed by atoms with Gasteiger partial charge in [0.2, 0.25) is 0 Å². The highest BCUT2D eigenvalue weighted by atomic mass is 16.2. The summed E-state index contributed by atoms with van der Waals surface area (Å²) < 4.78 is 0. The highest BCUT2D eigenvalue weighted by Crippen LogP contribution is 2.32. The van der Waals surface area contributed by atoms with E-state index >= 15 is 0 Å². The smallest absolute Gasteiger partial charge is 0.325 e. The highest BCUT2D eigenvalue weighted by molar-refractivity contribution is 6.01. The van der Waals surface area contributed by atoms with Crippen molar-refractivity contribution in [3.05, 3.63) is 29.3 Å². The fourth-order valence-electron chi connectivity index (χ4n) is 2.53. The normalized spacial score (nSPS) is 10.8. The first-order valence-electron chi connectivity index (χ1n) is 8.31. The molecule has 0 aliphatic rings. The Morgan fingerprint density at radius 1 is 1.00 bits per heavy atom. The molecule has 0 saturated carbocycles. The van der Waals surface area contributed by atoms with E-state index in [1.54, 1.807) is 4.90 Å². The number of carbonyl (C=O) groups is 2. The number of hydrogen-bond donors (Lipinski definition) is 2. The van der Waals surface area contributed by atoms with Gasteiger partial charge in [0.1, 0.15) is 0 Å². The first-order valence-corrected chi connectivity index (χ1v) is 8.31. The SMILES string of the molecule is CCN(CC)C(=O)NC(=O)Nc1c(C(C)C)cccc1C(C)C. The molecule has 0 aliphatic carbocycles. The summed E-state index contributed by atoms with van der Waals surface area (Å²) in [5, 5.41) is 5.28. The van der Waals surface area contributed by atoms with Crippen molar-refractivity contribution in [1.82, 2.24) is 10.2 Å². The van der Waals surface area contributed by atoms with E-state index in [-0.39, 0.29) is 17.9 Å². The minimum atomic E-state index is -0.489. The van der Waals surface area contributed by atoms with Gasteiger partial charge in [0, 0.05) is 18.8 Å². The maximum Gasteiger partial charge on any atom is 0.327 e. The molecule has 1 aromatic rings. The van der Waals surface area contributed by atoms with Gasteiger partial charge in [-0.05, 0) is 36.8 Å². The molecule has 5 heteroatoms. The Hall–Kier alpha value is -2.04. The average molecular weight is 319 g/mol. The summed E-state index contributed by atoms with van der Waals surface area (Å²) in [5.74, 6) is 0.560. The predicted molar refractivity (Wildman–Crippen MR) is 95.1 cm³/mol. The van der Waals surface area contributed by atoms with Gasteiger partial charge in [0.05, 0.1) is 0 Å². The summed E-state index contributed by atoms with van der Waals surface area (Å²) in [5.41, 5.74) is 2.95. The van der Waals surface area contributed by atoms with Gasteiger partial charge in [-0.2, -0.15) is 0 Å². The Bertz CT molecular complexity index is 523. The number of rotatable bonds is 5. The third kappa shape index (κ3) is 4.98. The molecule has 0 spiro atoms. The lowest BCUT2D eigenvalue weighted by Crippen LogP contribution is -2.44. The van der Waals surface area contributed by atoms with Crippen LogP contribution in [-0.4, -0.2) is 30.1 Å². The van der Waals surface area contributed by atoms with E-state index in [9.17, 15) is 9.59 Å². The predicted octanol–water partition coefficient (Wildman–Crippen LogP) is 4.52. The van der Waals surface area contributed by atoms with Crippen LogP contribution in [0.2, 0.25) is 0 Å². The molecule has 0 saturated heterocycles. The van der Waals surface area contributed by atoms with E-state index in [0.717, 1.165) is 16.8 Å². The van der Waals surface area contributed by atoms with Crippen LogP contribution in [0.5, 0.6) is 0 Å². The fraction of sp³-hybridized carbons (Fsp3) is 0.556. The van der Waals surface area contributed by atoms with E-state index in [1.165, 1.54) is 0 Å². The summed E-state index contributed by atoms with van der Waals surface area (Å²) in [4.78, 5) is 25.8. The van der Waals surface area contributed by atoms with Gasteiger partial charge in [-0.1, -0.05) is 45.9 Å². The number of imide groups is 1. The molecule has 0 aromatic heterocycles. The molecule has 2 N–H and O–H groups in total. The second kappa shape index (κ2) is 8.56. The van der Waals surface area contributed by atoms with Crippen LogP contribution in [0.1, 0.15) is 64.5 Å². The maximum atomic E-state index is 12.2. The number of para-hydroxylation sites is 1. The molecule has 0 fully saturated rings. The van der Waals surface area contributed by atoms with Crippen molar-refractivity contribution >= 4 is 17.7 Å². The molecule has 0 atom stereocenters. The van der Waals surface area contributed by atoms with Crippen molar-refractivity contribution in [3.8, 4) is 0 Å². The zero-order valence-electron chi connectivity index (χ0n) is 15.1. The standard InChI is InChI=1S/C18H29N3O2/c1-7-21(8-2)18(23)20-17(22)19-16-14(12(3)4)10-9-11-15(16)13(5)6/h9-13H,7-8H2,1-6H3,(H2,19,20,22,23). The Balaban J connectivity index is 2.99. The monoisotopic (exact) mass is 319 g/mol. The van der Waals surface area contributed by atoms with Crippen molar-refractivity contribution in [2.75, 3.05) is 18.4 Å². The molecule has 0 aliphatic heterocycles. The summed E-state index contributed by atoms with van der Waals surface area (Å²) in [6, 6.07) is 5.17. The van der Waals surface area contributed by atoms with Crippen LogP contribution in [0.25, 0.3) is 0 Å². The van der Waals surface area contributed by atoms with Gasteiger partial charge in [0.25, 0.3) is 0 Å². The topological polar surface area (TPSA) is 61.4 Å². The minimum Gasteiger partial charge on any atom is -0.325 e. The van der Waals surface area contributed by atoms with Gasteiger partial charge in [0.15, 0.2) is 0 Å². The molecule has 128 valence electrons. The number of nitrogens with one attached hydrogen (secondary N) is 2. The van der Waals surface area contributed by atoms with Crippen molar-refractivity contribution in [2.45, 2.75) is 53.4 Å². The largest absolute Gasteiger partial charge is 0.327 e. The fourth-order valence-corrected chi connectivity index (χ4v) is 2.53. The third-order valence-electron chi connectivity index (χ3n) is 3.88. The lowest BCUT2D eigenvalue weighted by molar-refractivity contribution is 0.202. The zero-order valence-corrected chi connectivity index (χ0v) is 15.1. The van der Waals surface area contributed by atoms with Crippen molar-refractivity contribution < 1.29 is 9.59 Å². The van der Waals surface area contributed by atoms with Crippen LogP contribution in [0.15, 0.2) is 18.2 Å². The third-order valence-corrected chi connectivity index (χ3v) is 3.88. The van der Waals surface area contributed by atoms with Crippen LogP contribution < -0.4 is 10.6 Å². The second-order valence-electron chi connectivity index (χ2n) is 6.18. The first-order chi connectivity index (χ1) is 10.8. The molecule has 0 unspecified atom stereocenters. The van der Waals surface area contributed by atoms with E-state index in [0.29, 0.717) is 13.1 Å². The average Bonchev–Trinajstić information content (AvgIpc) is 2.47. The lowest BCUT2D eigenvalue weighted by atomic mass is 9.93.